The van der Waals surface area contributed by atoms with Gasteiger partial charge < -0.3 is 9.47 Å². The van der Waals surface area contributed by atoms with E-state index in [4.69, 9.17) is 9.47 Å². The van der Waals surface area contributed by atoms with Gasteiger partial charge in [0.15, 0.2) is 5.69 Å². The van der Waals surface area contributed by atoms with E-state index >= 15 is 0 Å². The number of H-pyrrole nitrogens is 1. The lowest BCUT2D eigenvalue weighted by Gasteiger charge is -2.07. The third kappa shape index (κ3) is 3.74. The fourth-order valence-corrected chi connectivity index (χ4v) is 1.67. The molecule has 0 bridgehead atoms. The van der Waals surface area contributed by atoms with Crippen LogP contribution in [-0.4, -0.2) is 41.0 Å². The highest BCUT2D eigenvalue weighted by molar-refractivity contribution is 5.93. The number of nitrogens with one attached hydrogen (secondary N) is 1. The molecule has 8 heteroatoms. The Morgan fingerprint density at radius 3 is 2.90 bits per heavy atom. The van der Waals surface area contributed by atoms with Gasteiger partial charge in [-0.1, -0.05) is 12.1 Å². The molecule has 0 saturated carbocycles. The second-order valence-corrected chi connectivity index (χ2v) is 3.97. The number of esters is 1. The summed E-state index contributed by atoms with van der Waals surface area (Å²) in [7, 11) is 0. The molecule has 1 N–H and O–H groups in total. The molecule has 0 aliphatic heterocycles. The van der Waals surface area contributed by atoms with Gasteiger partial charge in [-0.2, -0.15) is 10.3 Å². The Kier molecular flexibility index (Phi) is 4.81. The van der Waals surface area contributed by atoms with Gasteiger partial charge in [0.25, 0.3) is 6.43 Å². The number of alkyl halides is 2. The van der Waals surface area contributed by atoms with Crippen LogP contribution in [0.4, 0.5) is 8.78 Å². The number of carbonyl (C=O) groups excluding carboxylic acids is 1. The van der Waals surface area contributed by atoms with Crippen LogP contribution in [0.1, 0.15) is 17.4 Å². The molecular weight excluding hydrogens is 284 g/mol. The molecule has 0 atom stereocenters. The fourth-order valence-electron chi connectivity index (χ4n) is 1.67. The Morgan fingerprint density at radius 1 is 1.38 bits per heavy atom. The minimum Gasteiger partial charge on any atom is -0.488 e. The molecule has 0 saturated heterocycles. The van der Waals surface area contributed by atoms with Gasteiger partial charge in [0.1, 0.15) is 18.1 Å². The highest BCUT2D eigenvalue weighted by atomic mass is 19.3. The van der Waals surface area contributed by atoms with Gasteiger partial charge in [-0.25, -0.2) is 13.6 Å². The normalized spacial score (nSPS) is 10.7. The number of rotatable bonds is 6. The molecule has 0 radical (unpaired) electrons. The molecule has 1 heterocycles. The molecule has 0 unspecified atom stereocenters. The molecule has 0 aliphatic rings. The number of carbonyl (C=O) groups is 1. The number of nitrogens with zero attached hydrogens (tertiary/aromatic N) is 2. The van der Waals surface area contributed by atoms with Gasteiger partial charge in [0, 0.05) is 5.56 Å². The third-order valence-corrected chi connectivity index (χ3v) is 2.50. The number of ether oxygens (including phenoxy) is 2. The first kappa shape index (κ1) is 14.9. The summed E-state index contributed by atoms with van der Waals surface area (Å²) in [5, 5.41) is 9.97. The Hall–Kier alpha value is -2.51. The molecule has 0 amide bonds. The van der Waals surface area contributed by atoms with Crippen molar-refractivity contribution in [1.82, 2.24) is 15.4 Å². The van der Waals surface area contributed by atoms with E-state index in [0.717, 1.165) is 0 Å². The minimum atomic E-state index is -2.56. The van der Waals surface area contributed by atoms with E-state index < -0.39 is 19.0 Å². The highest BCUT2D eigenvalue weighted by Crippen LogP contribution is 2.24. The summed E-state index contributed by atoms with van der Waals surface area (Å²) in [4.78, 5) is 11.7. The molecule has 1 aromatic heterocycles. The van der Waals surface area contributed by atoms with E-state index in [1.807, 2.05) is 0 Å². The monoisotopic (exact) mass is 297 g/mol. The van der Waals surface area contributed by atoms with E-state index in [-0.39, 0.29) is 23.7 Å². The Balaban J connectivity index is 2.24. The van der Waals surface area contributed by atoms with Crippen molar-refractivity contribution in [2.75, 3.05) is 13.2 Å². The maximum Gasteiger partial charge on any atom is 0.361 e. The number of aromatic amines is 1. The number of hydrogen-bond acceptors (Lipinski definition) is 5. The molecule has 1 aromatic carbocycles. The first-order valence-electron chi connectivity index (χ1n) is 6.21. The maximum atomic E-state index is 12.1. The lowest BCUT2D eigenvalue weighted by Crippen LogP contribution is -2.08. The smallest absolute Gasteiger partial charge is 0.361 e. The van der Waals surface area contributed by atoms with Crippen LogP contribution in [0.25, 0.3) is 11.3 Å². The summed E-state index contributed by atoms with van der Waals surface area (Å²) < 4.78 is 34.1. The van der Waals surface area contributed by atoms with Crippen LogP contribution in [0.3, 0.4) is 0 Å². The van der Waals surface area contributed by atoms with Gasteiger partial charge >= 0.3 is 5.97 Å². The van der Waals surface area contributed by atoms with Gasteiger partial charge in [0.2, 0.25) is 0 Å². The lowest BCUT2D eigenvalue weighted by atomic mass is 10.1. The maximum absolute atomic E-state index is 12.1. The zero-order chi connectivity index (χ0) is 15.2. The van der Waals surface area contributed by atoms with E-state index in [1.54, 1.807) is 19.1 Å². The second-order valence-electron chi connectivity index (χ2n) is 3.97. The van der Waals surface area contributed by atoms with Gasteiger partial charge in [-0.3, -0.25) is 0 Å². The Labute approximate surface area is 119 Å². The van der Waals surface area contributed by atoms with E-state index in [1.165, 1.54) is 12.1 Å². The molecule has 112 valence electrons. The van der Waals surface area contributed by atoms with Crippen LogP contribution < -0.4 is 4.74 Å². The largest absolute Gasteiger partial charge is 0.488 e. The number of halogens is 2. The predicted molar refractivity (Wildman–Crippen MR) is 69.3 cm³/mol. The van der Waals surface area contributed by atoms with Gasteiger partial charge in [-0.15, -0.1) is 5.10 Å². The lowest BCUT2D eigenvalue weighted by molar-refractivity contribution is 0.0520. The SMILES string of the molecule is CCOC(=O)c1n[nH]nc1-c1cccc(OCC(F)F)c1. The zero-order valence-corrected chi connectivity index (χ0v) is 11.2. The highest BCUT2D eigenvalue weighted by Gasteiger charge is 2.19. The first-order valence-corrected chi connectivity index (χ1v) is 6.21. The average Bonchev–Trinajstić information content (AvgIpc) is 2.95. The van der Waals surface area contributed by atoms with E-state index in [2.05, 4.69) is 15.4 Å². The summed E-state index contributed by atoms with van der Waals surface area (Å²) >= 11 is 0. The standard InChI is InChI=1S/C13H13F2N3O3/c1-2-20-13(19)12-11(16-18-17-12)8-4-3-5-9(6-8)21-7-10(14)15/h3-6,10H,2,7H2,1H3,(H,16,17,18). The van der Waals surface area contributed by atoms with Crippen molar-refractivity contribution in [2.45, 2.75) is 13.3 Å². The van der Waals surface area contributed by atoms with Crippen molar-refractivity contribution in [3.05, 3.63) is 30.0 Å². The van der Waals surface area contributed by atoms with Crippen molar-refractivity contribution in [1.29, 1.82) is 0 Å². The minimum absolute atomic E-state index is 0.0304. The van der Waals surface area contributed by atoms with Crippen LogP contribution in [-0.2, 0) is 4.74 Å². The summed E-state index contributed by atoms with van der Waals surface area (Å²) in [6, 6.07) is 6.31. The van der Waals surface area contributed by atoms with Gasteiger partial charge in [0.05, 0.1) is 6.61 Å². The molecule has 0 spiro atoms. The first-order chi connectivity index (χ1) is 10.1. The van der Waals surface area contributed by atoms with Crippen molar-refractivity contribution >= 4 is 5.97 Å². The number of aromatic nitrogens is 3. The van der Waals surface area contributed by atoms with E-state index in [0.29, 0.717) is 5.56 Å². The quantitative estimate of drug-likeness (QED) is 0.828. The third-order valence-electron chi connectivity index (χ3n) is 2.50. The summed E-state index contributed by atoms with van der Waals surface area (Å²) in [5.74, 6) is -0.356. The second kappa shape index (κ2) is 6.78. The molecule has 21 heavy (non-hydrogen) atoms. The van der Waals surface area contributed by atoms with Crippen LogP contribution in [0.15, 0.2) is 24.3 Å². The van der Waals surface area contributed by atoms with Crippen molar-refractivity contribution < 1.29 is 23.0 Å². The average molecular weight is 297 g/mol. The van der Waals surface area contributed by atoms with Crippen LogP contribution in [0.5, 0.6) is 5.75 Å². The van der Waals surface area contributed by atoms with Crippen molar-refractivity contribution in [3.63, 3.8) is 0 Å². The van der Waals surface area contributed by atoms with Crippen molar-refractivity contribution in [3.8, 4) is 17.0 Å². The summed E-state index contributed by atoms with van der Waals surface area (Å²) in [6.07, 6.45) is -2.56. The van der Waals surface area contributed by atoms with Crippen LogP contribution in [0.2, 0.25) is 0 Å². The van der Waals surface area contributed by atoms with Gasteiger partial charge in [-0.05, 0) is 19.1 Å². The number of benzene rings is 1. The van der Waals surface area contributed by atoms with E-state index in [9.17, 15) is 13.6 Å². The Morgan fingerprint density at radius 2 is 2.19 bits per heavy atom. The van der Waals surface area contributed by atoms with Crippen molar-refractivity contribution in [2.24, 2.45) is 0 Å². The molecule has 2 aromatic rings. The molecular formula is C13H13F2N3O3. The summed E-state index contributed by atoms with van der Waals surface area (Å²) in [6.45, 7) is 1.19. The fraction of sp³-hybridized carbons (Fsp3) is 0.308. The van der Waals surface area contributed by atoms with Crippen LogP contribution >= 0.6 is 0 Å². The molecule has 6 nitrogen and oxygen atoms in total. The molecule has 2 rings (SSSR count). The zero-order valence-electron chi connectivity index (χ0n) is 11.2. The summed E-state index contributed by atoms with van der Waals surface area (Å²) in [5.41, 5.74) is 0.817. The topological polar surface area (TPSA) is 77.1 Å². The van der Waals surface area contributed by atoms with Crippen LogP contribution in [0, 0.1) is 0 Å². The predicted octanol–water partition coefficient (Wildman–Crippen LogP) is 2.29. The Bertz CT molecular complexity index is 616. The number of hydrogen-bond donors (Lipinski definition) is 1. The molecule has 0 fully saturated rings. The molecule has 0 aliphatic carbocycles.